The molecular weight excluding hydrogens is 333 g/mol. The summed E-state index contributed by atoms with van der Waals surface area (Å²) >= 11 is 15.8. The number of aromatic nitrogens is 1. The Morgan fingerprint density at radius 2 is 2.06 bits per heavy atom. The first-order chi connectivity index (χ1) is 8.56. The van der Waals surface area contributed by atoms with Gasteiger partial charge in [0.1, 0.15) is 0 Å². The second kappa shape index (κ2) is 6.05. The van der Waals surface area contributed by atoms with Gasteiger partial charge < -0.3 is 0 Å². The molecule has 1 aromatic heterocycles. The molecule has 1 heterocycles. The molecule has 0 bridgehead atoms. The predicted octanol–water partition coefficient (Wildman–Crippen LogP) is 5.33. The van der Waals surface area contributed by atoms with Crippen molar-refractivity contribution in [2.75, 3.05) is 0 Å². The van der Waals surface area contributed by atoms with E-state index in [4.69, 9.17) is 23.2 Å². The van der Waals surface area contributed by atoms with Crippen LogP contribution in [0.15, 0.2) is 41.0 Å². The number of halogens is 3. The van der Waals surface area contributed by atoms with Crippen LogP contribution < -0.4 is 0 Å². The first-order valence-corrected chi connectivity index (χ1v) is 7.17. The van der Waals surface area contributed by atoms with Crippen molar-refractivity contribution < 1.29 is 0 Å². The number of benzene rings is 1. The third-order valence-corrected chi connectivity index (χ3v) is 3.97. The molecule has 0 N–H and O–H groups in total. The van der Waals surface area contributed by atoms with Gasteiger partial charge in [-0.15, -0.1) is 11.6 Å². The van der Waals surface area contributed by atoms with Crippen molar-refractivity contribution in [1.29, 1.82) is 0 Å². The number of aryl methyl sites for hydroxylation is 1. The molecule has 1 nitrogen and oxygen atoms in total. The van der Waals surface area contributed by atoms with Crippen molar-refractivity contribution in [3.8, 4) is 0 Å². The molecule has 1 atom stereocenters. The highest BCUT2D eigenvalue weighted by atomic mass is 79.9. The van der Waals surface area contributed by atoms with Crippen molar-refractivity contribution in [3.63, 3.8) is 0 Å². The van der Waals surface area contributed by atoms with E-state index in [1.165, 1.54) is 0 Å². The van der Waals surface area contributed by atoms with Gasteiger partial charge in [-0.3, -0.25) is 4.98 Å². The van der Waals surface area contributed by atoms with Crippen molar-refractivity contribution in [2.24, 2.45) is 0 Å². The predicted molar refractivity (Wildman–Crippen MR) is 80.4 cm³/mol. The summed E-state index contributed by atoms with van der Waals surface area (Å²) in [7, 11) is 0. The second-order valence-corrected chi connectivity index (χ2v) is 5.98. The van der Waals surface area contributed by atoms with Crippen molar-refractivity contribution >= 4 is 39.1 Å². The summed E-state index contributed by atoms with van der Waals surface area (Å²) < 4.78 is 0.933. The smallest absolute Gasteiger partial charge is 0.0651 e. The van der Waals surface area contributed by atoms with E-state index in [0.29, 0.717) is 11.4 Å². The Balaban J connectivity index is 2.16. The van der Waals surface area contributed by atoms with E-state index in [0.717, 1.165) is 21.3 Å². The zero-order valence-corrected chi connectivity index (χ0v) is 12.9. The molecular formula is C14H12BrCl2N. The largest absolute Gasteiger partial charge is 0.261 e. The van der Waals surface area contributed by atoms with Crippen molar-refractivity contribution in [1.82, 2.24) is 4.98 Å². The van der Waals surface area contributed by atoms with Crippen LogP contribution in [-0.4, -0.2) is 4.98 Å². The van der Waals surface area contributed by atoms with Gasteiger partial charge in [0.25, 0.3) is 0 Å². The molecule has 0 saturated heterocycles. The molecule has 0 spiro atoms. The quantitative estimate of drug-likeness (QED) is 0.686. The monoisotopic (exact) mass is 343 g/mol. The fourth-order valence-electron chi connectivity index (χ4n) is 1.67. The molecule has 1 aromatic carbocycles. The molecule has 0 aliphatic heterocycles. The van der Waals surface area contributed by atoms with Gasteiger partial charge in [-0.1, -0.05) is 39.7 Å². The lowest BCUT2D eigenvalue weighted by Gasteiger charge is -2.12. The minimum absolute atomic E-state index is 0.119. The van der Waals surface area contributed by atoms with E-state index in [1.54, 1.807) is 0 Å². The Labute approximate surface area is 125 Å². The third kappa shape index (κ3) is 3.47. The van der Waals surface area contributed by atoms with E-state index in [1.807, 2.05) is 43.5 Å². The lowest BCUT2D eigenvalue weighted by atomic mass is 10.1. The summed E-state index contributed by atoms with van der Waals surface area (Å²) in [6.07, 6.45) is 2.55. The maximum Gasteiger partial charge on any atom is 0.0651 e. The number of hydrogen-bond donors (Lipinski definition) is 0. The summed E-state index contributed by atoms with van der Waals surface area (Å²) in [6.45, 7) is 2.02. The van der Waals surface area contributed by atoms with Gasteiger partial charge >= 0.3 is 0 Å². The zero-order valence-electron chi connectivity index (χ0n) is 9.83. The van der Waals surface area contributed by atoms with Crippen molar-refractivity contribution in [3.05, 3.63) is 62.8 Å². The highest BCUT2D eigenvalue weighted by Gasteiger charge is 2.13. The van der Waals surface area contributed by atoms with Crippen molar-refractivity contribution in [2.45, 2.75) is 18.7 Å². The second-order valence-electron chi connectivity index (χ2n) is 4.16. The fraction of sp³-hybridized carbons (Fsp3) is 0.214. The molecule has 0 fully saturated rings. The highest BCUT2D eigenvalue weighted by molar-refractivity contribution is 9.10. The van der Waals surface area contributed by atoms with E-state index in [2.05, 4.69) is 20.9 Å². The minimum Gasteiger partial charge on any atom is -0.261 e. The van der Waals surface area contributed by atoms with Gasteiger partial charge in [0.15, 0.2) is 0 Å². The molecule has 94 valence electrons. The number of rotatable bonds is 3. The number of nitrogens with zero attached hydrogens (tertiary/aromatic N) is 1. The number of pyridine rings is 1. The van der Waals surface area contributed by atoms with Crippen LogP contribution in [0.25, 0.3) is 0 Å². The van der Waals surface area contributed by atoms with Crippen LogP contribution in [0, 0.1) is 6.92 Å². The van der Waals surface area contributed by atoms with E-state index < -0.39 is 0 Å². The first-order valence-electron chi connectivity index (χ1n) is 5.57. The van der Waals surface area contributed by atoms with E-state index in [-0.39, 0.29) is 5.38 Å². The standard InChI is InChI=1S/C14H12BrCl2N/c1-9-2-4-11(18-8-9)7-14(17)12-5-3-10(16)6-13(12)15/h2-6,8,14H,7H2,1H3. The number of alkyl halides is 1. The molecule has 0 aliphatic carbocycles. The molecule has 0 aliphatic rings. The SMILES string of the molecule is Cc1ccc(CC(Cl)c2ccc(Cl)cc2Br)nc1. The topological polar surface area (TPSA) is 12.9 Å². The average molecular weight is 345 g/mol. The Bertz CT molecular complexity index is 540. The lowest BCUT2D eigenvalue weighted by molar-refractivity contribution is 0.875. The van der Waals surface area contributed by atoms with Crippen LogP contribution in [0.3, 0.4) is 0 Å². The van der Waals surface area contributed by atoms with Crippen LogP contribution in [0.2, 0.25) is 5.02 Å². The van der Waals surface area contributed by atoms with Crippen LogP contribution in [-0.2, 0) is 6.42 Å². The summed E-state index contributed by atoms with van der Waals surface area (Å²) in [5.74, 6) is 0. The van der Waals surface area contributed by atoms with Gasteiger partial charge in [0.2, 0.25) is 0 Å². The molecule has 18 heavy (non-hydrogen) atoms. The Morgan fingerprint density at radius 1 is 1.28 bits per heavy atom. The fourth-order valence-corrected chi connectivity index (χ4v) is 3.11. The molecule has 0 saturated carbocycles. The van der Waals surface area contributed by atoms with E-state index >= 15 is 0 Å². The van der Waals surface area contributed by atoms with Crippen LogP contribution in [0.4, 0.5) is 0 Å². The van der Waals surface area contributed by atoms with Gasteiger partial charge in [0, 0.05) is 27.8 Å². The zero-order chi connectivity index (χ0) is 13.1. The minimum atomic E-state index is -0.119. The maximum absolute atomic E-state index is 6.43. The third-order valence-electron chi connectivity index (χ3n) is 2.66. The molecule has 2 aromatic rings. The summed E-state index contributed by atoms with van der Waals surface area (Å²) in [6, 6.07) is 9.70. The molecule has 4 heteroatoms. The Hall–Kier alpha value is -0.570. The summed E-state index contributed by atoms with van der Waals surface area (Å²) in [4.78, 5) is 4.37. The normalized spacial score (nSPS) is 12.4. The molecule has 2 rings (SSSR count). The van der Waals surface area contributed by atoms with Gasteiger partial charge in [-0.05, 0) is 36.2 Å². The van der Waals surface area contributed by atoms with Crippen LogP contribution >= 0.6 is 39.1 Å². The van der Waals surface area contributed by atoms with Gasteiger partial charge in [-0.25, -0.2) is 0 Å². The lowest BCUT2D eigenvalue weighted by Crippen LogP contribution is -1.99. The maximum atomic E-state index is 6.43. The summed E-state index contributed by atoms with van der Waals surface area (Å²) in [5, 5.41) is 0.579. The number of hydrogen-bond acceptors (Lipinski definition) is 1. The molecule has 0 amide bonds. The van der Waals surface area contributed by atoms with E-state index in [9.17, 15) is 0 Å². The van der Waals surface area contributed by atoms with Crippen LogP contribution in [0.5, 0.6) is 0 Å². The molecule has 0 radical (unpaired) electrons. The Morgan fingerprint density at radius 3 is 2.67 bits per heavy atom. The van der Waals surface area contributed by atoms with Crippen LogP contribution in [0.1, 0.15) is 22.2 Å². The highest BCUT2D eigenvalue weighted by Crippen LogP contribution is 2.32. The first kappa shape index (κ1) is 13.9. The average Bonchev–Trinajstić information content (AvgIpc) is 2.32. The van der Waals surface area contributed by atoms with Gasteiger partial charge in [-0.2, -0.15) is 0 Å². The van der Waals surface area contributed by atoms with Gasteiger partial charge in [0.05, 0.1) is 5.38 Å². The molecule has 1 unspecified atom stereocenters. The Kier molecular flexibility index (Phi) is 4.66. The summed E-state index contributed by atoms with van der Waals surface area (Å²) in [5.41, 5.74) is 3.17.